The maximum absolute atomic E-state index is 12.5. The second-order valence-corrected chi connectivity index (χ2v) is 6.03. The Labute approximate surface area is 141 Å². The van der Waals surface area contributed by atoms with E-state index < -0.39 is 11.2 Å². The van der Waals surface area contributed by atoms with Gasteiger partial charge >= 0.3 is 5.97 Å². The minimum absolute atomic E-state index is 0.270. The van der Waals surface area contributed by atoms with Gasteiger partial charge in [0.15, 0.2) is 5.17 Å². The molecule has 1 aliphatic rings. The molecule has 0 radical (unpaired) electrons. The zero-order valence-corrected chi connectivity index (χ0v) is 13.2. The van der Waals surface area contributed by atoms with Gasteiger partial charge in [0.25, 0.3) is 0 Å². The van der Waals surface area contributed by atoms with Crippen LogP contribution in [0.4, 0.5) is 5.69 Å². The zero-order valence-electron chi connectivity index (χ0n) is 12.4. The molecule has 8 heteroatoms. The van der Waals surface area contributed by atoms with E-state index in [-0.39, 0.29) is 12.3 Å². The van der Waals surface area contributed by atoms with Gasteiger partial charge in [0.2, 0.25) is 5.91 Å². The molecule has 0 unspecified atom stereocenters. The van der Waals surface area contributed by atoms with Crippen LogP contribution in [0, 0.1) is 0 Å². The minimum atomic E-state index is -1.03. The first-order valence-electron chi connectivity index (χ1n) is 7.07. The Morgan fingerprint density at radius 1 is 1.29 bits per heavy atom. The lowest BCUT2D eigenvalue weighted by atomic mass is 10.2. The number of amidine groups is 1. The SMILES string of the molecule is O=C(O)C[C@H]1S/C(=N/N=C\c2ccco2)N(c2ccccc2)C1=O. The largest absolute Gasteiger partial charge is 0.481 e. The number of aliphatic carboxylic acids is 1. The fraction of sp³-hybridized carbons (Fsp3) is 0.125. The normalized spacial score (nSPS) is 19.5. The number of anilines is 1. The van der Waals surface area contributed by atoms with Crippen molar-refractivity contribution in [3.8, 4) is 0 Å². The summed E-state index contributed by atoms with van der Waals surface area (Å²) in [6, 6.07) is 12.4. The van der Waals surface area contributed by atoms with Crippen LogP contribution in [0.2, 0.25) is 0 Å². The van der Waals surface area contributed by atoms with E-state index in [1.165, 1.54) is 17.4 Å². The van der Waals surface area contributed by atoms with Gasteiger partial charge in [-0.2, -0.15) is 5.10 Å². The fourth-order valence-corrected chi connectivity index (χ4v) is 3.22. The first-order valence-corrected chi connectivity index (χ1v) is 7.95. The van der Waals surface area contributed by atoms with Gasteiger partial charge in [0, 0.05) is 0 Å². The van der Waals surface area contributed by atoms with Crippen LogP contribution >= 0.6 is 11.8 Å². The molecular formula is C16H13N3O4S. The molecule has 2 heterocycles. The molecule has 1 amide bonds. The number of hydrogen-bond acceptors (Lipinski definition) is 6. The lowest BCUT2D eigenvalue weighted by molar-refractivity contribution is -0.138. The number of carbonyl (C=O) groups excluding carboxylic acids is 1. The number of para-hydroxylation sites is 1. The average Bonchev–Trinajstić information content (AvgIpc) is 3.17. The van der Waals surface area contributed by atoms with E-state index in [2.05, 4.69) is 10.2 Å². The summed E-state index contributed by atoms with van der Waals surface area (Å²) in [5.74, 6) is -0.822. The summed E-state index contributed by atoms with van der Waals surface area (Å²) >= 11 is 1.09. The highest BCUT2D eigenvalue weighted by atomic mass is 32.2. The van der Waals surface area contributed by atoms with Gasteiger partial charge in [-0.15, -0.1) is 5.10 Å². The monoisotopic (exact) mass is 343 g/mol. The molecule has 0 spiro atoms. The van der Waals surface area contributed by atoms with Crippen molar-refractivity contribution in [3.05, 3.63) is 54.5 Å². The molecule has 24 heavy (non-hydrogen) atoms. The molecule has 0 saturated carbocycles. The van der Waals surface area contributed by atoms with E-state index >= 15 is 0 Å². The van der Waals surface area contributed by atoms with Crippen molar-refractivity contribution < 1.29 is 19.1 Å². The predicted octanol–water partition coefficient (Wildman–Crippen LogP) is 2.59. The maximum atomic E-state index is 12.5. The summed E-state index contributed by atoms with van der Waals surface area (Å²) in [4.78, 5) is 24.9. The van der Waals surface area contributed by atoms with Gasteiger partial charge in [-0.25, -0.2) is 0 Å². The molecule has 0 bridgehead atoms. The summed E-state index contributed by atoms with van der Waals surface area (Å²) < 4.78 is 5.12. The van der Waals surface area contributed by atoms with Crippen LogP contribution in [-0.4, -0.2) is 33.6 Å². The van der Waals surface area contributed by atoms with Crippen molar-refractivity contribution in [2.75, 3.05) is 4.90 Å². The third kappa shape index (κ3) is 3.54. The second kappa shape index (κ2) is 7.14. The van der Waals surface area contributed by atoms with Crippen molar-refractivity contribution in [2.45, 2.75) is 11.7 Å². The molecule has 1 aliphatic heterocycles. The lowest BCUT2D eigenvalue weighted by Crippen LogP contribution is -2.32. The lowest BCUT2D eigenvalue weighted by Gasteiger charge is -2.15. The number of rotatable bonds is 5. The van der Waals surface area contributed by atoms with Gasteiger partial charge < -0.3 is 9.52 Å². The topological polar surface area (TPSA) is 95.5 Å². The number of furan rings is 1. The molecule has 7 nitrogen and oxygen atoms in total. The Kier molecular flexibility index (Phi) is 4.76. The van der Waals surface area contributed by atoms with Crippen molar-refractivity contribution in [1.29, 1.82) is 0 Å². The quantitative estimate of drug-likeness (QED) is 0.665. The van der Waals surface area contributed by atoms with Crippen LogP contribution in [0.15, 0.2) is 63.3 Å². The summed E-state index contributed by atoms with van der Waals surface area (Å²) in [5.41, 5.74) is 0.620. The van der Waals surface area contributed by atoms with Gasteiger partial charge in [0.1, 0.15) is 11.0 Å². The molecule has 1 atom stereocenters. The smallest absolute Gasteiger partial charge is 0.305 e. The number of carbonyl (C=O) groups is 2. The molecule has 122 valence electrons. The Hall–Kier alpha value is -2.87. The van der Waals surface area contributed by atoms with E-state index in [1.807, 2.05) is 6.07 Å². The van der Waals surface area contributed by atoms with Crippen LogP contribution in [0.5, 0.6) is 0 Å². The second-order valence-electron chi connectivity index (χ2n) is 4.86. The molecule has 1 N–H and O–H groups in total. The Morgan fingerprint density at radius 2 is 2.08 bits per heavy atom. The average molecular weight is 343 g/mol. The van der Waals surface area contributed by atoms with E-state index in [0.717, 1.165) is 11.8 Å². The van der Waals surface area contributed by atoms with Crippen LogP contribution in [-0.2, 0) is 9.59 Å². The number of carboxylic acid groups (broad SMARTS) is 1. The number of carboxylic acids is 1. The number of hydrogen-bond donors (Lipinski definition) is 1. The number of benzene rings is 1. The third-order valence-corrected chi connectivity index (χ3v) is 4.31. The van der Waals surface area contributed by atoms with Crippen LogP contribution < -0.4 is 4.90 Å². The molecule has 1 saturated heterocycles. The van der Waals surface area contributed by atoms with Gasteiger partial charge in [0.05, 0.1) is 24.6 Å². The fourth-order valence-electron chi connectivity index (χ4n) is 2.14. The number of amides is 1. The van der Waals surface area contributed by atoms with E-state index in [0.29, 0.717) is 16.6 Å². The highest BCUT2D eigenvalue weighted by Crippen LogP contribution is 2.33. The number of nitrogens with zero attached hydrogens (tertiary/aromatic N) is 3. The first kappa shape index (κ1) is 16.0. The summed E-state index contributed by atoms with van der Waals surface area (Å²) in [6.45, 7) is 0. The highest BCUT2D eigenvalue weighted by molar-refractivity contribution is 8.16. The molecule has 2 aromatic rings. The van der Waals surface area contributed by atoms with Crippen molar-refractivity contribution in [3.63, 3.8) is 0 Å². The zero-order chi connectivity index (χ0) is 16.9. The van der Waals surface area contributed by atoms with E-state index in [1.54, 1.807) is 36.4 Å². The van der Waals surface area contributed by atoms with Crippen LogP contribution in [0.25, 0.3) is 0 Å². The summed E-state index contributed by atoms with van der Waals surface area (Å²) in [6.07, 6.45) is 2.67. The molecule has 3 rings (SSSR count). The molecule has 1 aromatic carbocycles. The Balaban J connectivity index is 1.88. The molecule has 0 aliphatic carbocycles. The minimum Gasteiger partial charge on any atom is -0.481 e. The van der Waals surface area contributed by atoms with Crippen LogP contribution in [0.1, 0.15) is 12.2 Å². The van der Waals surface area contributed by atoms with E-state index in [4.69, 9.17) is 9.52 Å². The standard InChI is InChI=1S/C16H13N3O4S/c20-14(21)9-13-15(22)19(11-5-2-1-3-6-11)16(24-13)18-17-10-12-7-4-8-23-12/h1-8,10,13H,9H2,(H,20,21)/b17-10-,18-16+/t13-/m1/s1. The Bertz CT molecular complexity index is 787. The highest BCUT2D eigenvalue weighted by Gasteiger charge is 2.40. The number of thioether (sulfide) groups is 1. The summed E-state index contributed by atoms with van der Waals surface area (Å²) in [7, 11) is 0. The molecule has 1 aromatic heterocycles. The van der Waals surface area contributed by atoms with E-state index in [9.17, 15) is 9.59 Å². The summed E-state index contributed by atoms with van der Waals surface area (Å²) in [5, 5.41) is 16.6. The van der Waals surface area contributed by atoms with Crippen molar-refractivity contribution in [2.24, 2.45) is 10.2 Å². The van der Waals surface area contributed by atoms with Gasteiger partial charge in [-0.3, -0.25) is 14.5 Å². The molecular weight excluding hydrogens is 330 g/mol. The Morgan fingerprint density at radius 3 is 2.75 bits per heavy atom. The maximum Gasteiger partial charge on any atom is 0.305 e. The first-order chi connectivity index (χ1) is 11.6. The predicted molar refractivity (Wildman–Crippen MR) is 91.3 cm³/mol. The molecule has 1 fully saturated rings. The third-order valence-electron chi connectivity index (χ3n) is 3.18. The van der Waals surface area contributed by atoms with Gasteiger partial charge in [-0.05, 0) is 24.3 Å². The van der Waals surface area contributed by atoms with Crippen molar-refractivity contribution >= 4 is 40.7 Å². The van der Waals surface area contributed by atoms with Gasteiger partial charge in [-0.1, -0.05) is 30.0 Å². The van der Waals surface area contributed by atoms with Crippen molar-refractivity contribution in [1.82, 2.24) is 0 Å². The van der Waals surface area contributed by atoms with Crippen LogP contribution in [0.3, 0.4) is 0 Å².